The van der Waals surface area contributed by atoms with Gasteiger partial charge in [0.25, 0.3) is 5.91 Å². The fraction of sp³-hybridized carbons (Fsp3) is 0.348. The van der Waals surface area contributed by atoms with Crippen molar-refractivity contribution in [3.8, 4) is 0 Å². The Morgan fingerprint density at radius 2 is 2.03 bits per heavy atom. The molecular formula is C23H27N5O. The van der Waals surface area contributed by atoms with Crippen molar-refractivity contribution in [2.45, 2.75) is 25.3 Å². The Morgan fingerprint density at radius 3 is 2.83 bits per heavy atom. The number of piperidine rings is 1. The molecule has 1 aliphatic heterocycles. The maximum Gasteiger partial charge on any atom is 0.255 e. The van der Waals surface area contributed by atoms with E-state index in [-0.39, 0.29) is 11.8 Å². The molecule has 1 aromatic carbocycles. The topological polar surface area (TPSA) is 54.3 Å². The van der Waals surface area contributed by atoms with Gasteiger partial charge < -0.3 is 14.4 Å². The molecule has 4 rings (SSSR count). The smallest absolute Gasteiger partial charge is 0.255 e. The number of likely N-dealkylation sites (tertiary alicyclic amines) is 1. The molecule has 0 bridgehead atoms. The summed E-state index contributed by atoms with van der Waals surface area (Å²) >= 11 is 0. The number of rotatable bonds is 5. The average Bonchev–Trinajstić information content (AvgIpc) is 3.22. The first kappa shape index (κ1) is 19.2. The minimum absolute atomic E-state index is 0.101. The number of anilines is 1. The van der Waals surface area contributed by atoms with Crippen molar-refractivity contribution in [3.05, 3.63) is 78.1 Å². The van der Waals surface area contributed by atoms with Crippen LogP contribution in [0.2, 0.25) is 0 Å². The highest BCUT2D eigenvalue weighted by Gasteiger charge is 2.29. The molecule has 2 aromatic heterocycles. The maximum atomic E-state index is 13.3. The fourth-order valence-electron chi connectivity index (χ4n) is 4.09. The van der Waals surface area contributed by atoms with Gasteiger partial charge in [-0.15, -0.1) is 0 Å². The SMILES string of the molecule is CN(C)c1ccccc1C(=O)N1CCC[C@@H](c2nccn2Cc2cccnc2)C1. The molecule has 1 atom stereocenters. The summed E-state index contributed by atoms with van der Waals surface area (Å²) in [5.41, 5.74) is 2.87. The molecule has 3 aromatic rings. The minimum atomic E-state index is 0.101. The maximum absolute atomic E-state index is 13.3. The van der Waals surface area contributed by atoms with Crippen LogP contribution in [-0.2, 0) is 6.54 Å². The van der Waals surface area contributed by atoms with E-state index < -0.39 is 0 Å². The van der Waals surface area contributed by atoms with Crippen LogP contribution in [-0.4, -0.2) is 52.5 Å². The predicted molar refractivity (Wildman–Crippen MR) is 114 cm³/mol. The lowest BCUT2D eigenvalue weighted by molar-refractivity contribution is 0.0704. The summed E-state index contributed by atoms with van der Waals surface area (Å²) < 4.78 is 2.18. The van der Waals surface area contributed by atoms with Gasteiger partial charge in [0.15, 0.2) is 0 Å². The van der Waals surface area contributed by atoms with Crippen LogP contribution in [0.15, 0.2) is 61.2 Å². The summed E-state index contributed by atoms with van der Waals surface area (Å²) in [6.07, 6.45) is 9.58. The van der Waals surface area contributed by atoms with Crippen molar-refractivity contribution < 1.29 is 4.79 Å². The largest absolute Gasteiger partial charge is 0.377 e. The van der Waals surface area contributed by atoms with E-state index in [1.165, 1.54) is 0 Å². The molecule has 0 N–H and O–H groups in total. The average molecular weight is 390 g/mol. The third-order valence-corrected chi connectivity index (χ3v) is 5.51. The summed E-state index contributed by atoms with van der Waals surface area (Å²) in [4.78, 5) is 26.1. The number of benzene rings is 1. The monoisotopic (exact) mass is 389 g/mol. The number of amides is 1. The van der Waals surface area contributed by atoms with E-state index in [4.69, 9.17) is 0 Å². The molecule has 0 spiro atoms. The van der Waals surface area contributed by atoms with E-state index >= 15 is 0 Å². The van der Waals surface area contributed by atoms with Gasteiger partial charge in [-0.05, 0) is 36.6 Å². The lowest BCUT2D eigenvalue weighted by atomic mass is 9.96. The van der Waals surface area contributed by atoms with E-state index in [0.29, 0.717) is 6.54 Å². The molecule has 29 heavy (non-hydrogen) atoms. The Bertz CT molecular complexity index is 966. The van der Waals surface area contributed by atoms with Crippen LogP contribution in [0.1, 0.15) is 40.5 Å². The highest BCUT2D eigenvalue weighted by atomic mass is 16.2. The fourth-order valence-corrected chi connectivity index (χ4v) is 4.09. The second kappa shape index (κ2) is 8.47. The zero-order valence-corrected chi connectivity index (χ0v) is 17.0. The van der Waals surface area contributed by atoms with Gasteiger partial charge in [0.05, 0.1) is 12.1 Å². The number of aromatic nitrogens is 3. The molecule has 6 heteroatoms. The Balaban J connectivity index is 1.53. The van der Waals surface area contributed by atoms with Gasteiger partial charge in [-0.3, -0.25) is 9.78 Å². The van der Waals surface area contributed by atoms with Gasteiger partial charge in [0, 0.05) is 63.6 Å². The summed E-state index contributed by atoms with van der Waals surface area (Å²) in [5, 5.41) is 0. The molecule has 1 aliphatic rings. The van der Waals surface area contributed by atoms with Crippen molar-refractivity contribution >= 4 is 11.6 Å². The molecule has 1 saturated heterocycles. The Kier molecular flexibility index (Phi) is 5.60. The zero-order valence-electron chi connectivity index (χ0n) is 17.0. The lowest BCUT2D eigenvalue weighted by Gasteiger charge is -2.33. The number of hydrogen-bond donors (Lipinski definition) is 0. The van der Waals surface area contributed by atoms with Crippen molar-refractivity contribution in [2.75, 3.05) is 32.1 Å². The molecular weight excluding hydrogens is 362 g/mol. The molecule has 0 unspecified atom stereocenters. The molecule has 1 fully saturated rings. The highest BCUT2D eigenvalue weighted by molar-refractivity contribution is 5.99. The number of imidazole rings is 1. The number of carbonyl (C=O) groups is 1. The van der Waals surface area contributed by atoms with Gasteiger partial charge in [-0.25, -0.2) is 4.98 Å². The number of carbonyl (C=O) groups excluding carboxylic acids is 1. The zero-order chi connectivity index (χ0) is 20.2. The number of pyridine rings is 1. The normalized spacial score (nSPS) is 16.6. The Morgan fingerprint density at radius 1 is 1.17 bits per heavy atom. The number of para-hydroxylation sites is 1. The van der Waals surface area contributed by atoms with Crippen molar-refractivity contribution in [1.82, 2.24) is 19.4 Å². The quantitative estimate of drug-likeness (QED) is 0.671. The van der Waals surface area contributed by atoms with Crippen LogP contribution in [0.4, 0.5) is 5.69 Å². The summed E-state index contributed by atoms with van der Waals surface area (Å²) in [6, 6.07) is 11.9. The van der Waals surface area contributed by atoms with E-state index in [1.54, 1.807) is 6.20 Å². The van der Waals surface area contributed by atoms with Crippen LogP contribution in [0, 0.1) is 0 Å². The lowest BCUT2D eigenvalue weighted by Crippen LogP contribution is -2.40. The van der Waals surface area contributed by atoms with Crippen molar-refractivity contribution in [3.63, 3.8) is 0 Å². The summed E-state index contributed by atoms with van der Waals surface area (Å²) in [5.74, 6) is 1.39. The minimum Gasteiger partial charge on any atom is -0.377 e. The molecule has 0 radical (unpaired) electrons. The Labute approximate surface area is 171 Å². The first-order chi connectivity index (χ1) is 14.1. The Hall–Kier alpha value is -3.15. The third-order valence-electron chi connectivity index (χ3n) is 5.51. The van der Waals surface area contributed by atoms with Crippen molar-refractivity contribution in [2.24, 2.45) is 0 Å². The van der Waals surface area contributed by atoms with Gasteiger partial charge in [-0.2, -0.15) is 0 Å². The van der Waals surface area contributed by atoms with Gasteiger partial charge in [0.2, 0.25) is 0 Å². The van der Waals surface area contributed by atoms with E-state index in [0.717, 1.165) is 48.6 Å². The summed E-state index contributed by atoms with van der Waals surface area (Å²) in [6.45, 7) is 2.24. The van der Waals surface area contributed by atoms with Crippen LogP contribution < -0.4 is 4.90 Å². The molecule has 0 saturated carbocycles. The molecule has 1 amide bonds. The molecule has 6 nitrogen and oxygen atoms in total. The van der Waals surface area contributed by atoms with Gasteiger partial charge >= 0.3 is 0 Å². The van der Waals surface area contributed by atoms with E-state index in [1.807, 2.05) is 72.8 Å². The highest BCUT2D eigenvalue weighted by Crippen LogP contribution is 2.29. The van der Waals surface area contributed by atoms with Gasteiger partial charge in [-0.1, -0.05) is 18.2 Å². The van der Waals surface area contributed by atoms with Gasteiger partial charge in [0.1, 0.15) is 5.82 Å². The standard InChI is InChI=1S/C23H27N5O/c1-26(2)21-10-4-3-9-20(21)23(29)28-13-6-8-19(17-28)22-25-12-14-27(22)16-18-7-5-11-24-15-18/h3-5,7,9-12,14-15,19H,6,8,13,16-17H2,1-2H3/t19-/m1/s1. The van der Waals surface area contributed by atoms with Crippen LogP contribution >= 0.6 is 0 Å². The van der Waals surface area contributed by atoms with Crippen LogP contribution in [0.5, 0.6) is 0 Å². The van der Waals surface area contributed by atoms with Crippen molar-refractivity contribution in [1.29, 1.82) is 0 Å². The number of nitrogens with zero attached hydrogens (tertiary/aromatic N) is 5. The molecule has 0 aliphatic carbocycles. The second-order valence-corrected chi connectivity index (χ2v) is 7.78. The number of hydrogen-bond acceptors (Lipinski definition) is 4. The summed E-state index contributed by atoms with van der Waals surface area (Å²) in [7, 11) is 3.95. The predicted octanol–water partition coefficient (Wildman–Crippen LogP) is 3.41. The third kappa shape index (κ3) is 4.16. The molecule has 150 valence electrons. The second-order valence-electron chi connectivity index (χ2n) is 7.78. The first-order valence-electron chi connectivity index (χ1n) is 10.1. The molecule has 3 heterocycles. The van der Waals surface area contributed by atoms with E-state index in [2.05, 4.69) is 20.6 Å². The van der Waals surface area contributed by atoms with E-state index in [9.17, 15) is 4.79 Å². The first-order valence-corrected chi connectivity index (χ1v) is 10.1. The van der Waals surface area contributed by atoms with Crippen LogP contribution in [0.25, 0.3) is 0 Å². The van der Waals surface area contributed by atoms with Crippen LogP contribution in [0.3, 0.4) is 0 Å².